The highest BCUT2D eigenvalue weighted by Gasteiger charge is 2.24. The van der Waals surface area contributed by atoms with E-state index in [2.05, 4.69) is 25.1 Å². The lowest BCUT2D eigenvalue weighted by Crippen LogP contribution is -2.10. The second-order valence-electron chi connectivity index (χ2n) is 5.44. The summed E-state index contributed by atoms with van der Waals surface area (Å²) in [5, 5.41) is 0. The number of aryl methyl sites for hydroxylation is 2. The van der Waals surface area contributed by atoms with Crippen molar-refractivity contribution in [3.8, 4) is 0 Å². The Bertz CT molecular complexity index is 480. The van der Waals surface area contributed by atoms with Crippen LogP contribution in [0.1, 0.15) is 43.1 Å². The summed E-state index contributed by atoms with van der Waals surface area (Å²) in [7, 11) is 0. The predicted molar refractivity (Wildman–Crippen MR) is 80.2 cm³/mol. The Labute approximate surface area is 126 Å². The van der Waals surface area contributed by atoms with Crippen molar-refractivity contribution in [3.05, 3.63) is 34.9 Å². The SMILES string of the molecule is CCOC(=O)CCc1cc(C)ccc1[C@@H](C)OCC1CO1. The fraction of sp³-hybridized carbons (Fsp3) is 0.588. The molecular weight excluding hydrogens is 268 g/mol. The highest BCUT2D eigenvalue weighted by Crippen LogP contribution is 2.25. The van der Waals surface area contributed by atoms with Crippen molar-refractivity contribution >= 4 is 5.97 Å². The number of carbonyl (C=O) groups is 1. The van der Waals surface area contributed by atoms with E-state index in [9.17, 15) is 4.79 Å². The molecule has 0 radical (unpaired) electrons. The number of hydrogen-bond donors (Lipinski definition) is 0. The smallest absolute Gasteiger partial charge is 0.306 e. The maximum absolute atomic E-state index is 11.5. The van der Waals surface area contributed by atoms with Gasteiger partial charge in [0.05, 0.1) is 25.9 Å². The number of hydrogen-bond acceptors (Lipinski definition) is 4. The minimum Gasteiger partial charge on any atom is -0.466 e. The summed E-state index contributed by atoms with van der Waals surface area (Å²) in [4.78, 5) is 11.5. The zero-order valence-electron chi connectivity index (χ0n) is 13.1. The Morgan fingerprint density at radius 1 is 1.48 bits per heavy atom. The molecule has 1 unspecified atom stereocenters. The first-order chi connectivity index (χ1) is 10.1. The molecule has 0 bridgehead atoms. The summed E-state index contributed by atoms with van der Waals surface area (Å²) in [5.41, 5.74) is 3.49. The quantitative estimate of drug-likeness (QED) is 0.546. The molecule has 1 saturated heterocycles. The third-order valence-corrected chi connectivity index (χ3v) is 3.57. The highest BCUT2D eigenvalue weighted by molar-refractivity contribution is 5.69. The maximum atomic E-state index is 11.5. The van der Waals surface area contributed by atoms with Crippen molar-refractivity contribution in [2.24, 2.45) is 0 Å². The molecule has 1 aromatic rings. The Kier molecular flexibility index (Phi) is 5.76. The highest BCUT2D eigenvalue weighted by atomic mass is 16.6. The van der Waals surface area contributed by atoms with Crippen LogP contribution in [0, 0.1) is 6.92 Å². The topological polar surface area (TPSA) is 48.1 Å². The first-order valence-electron chi connectivity index (χ1n) is 7.58. The lowest BCUT2D eigenvalue weighted by molar-refractivity contribution is -0.143. The van der Waals surface area contributed by atoms with Crippen molar-refractivity contribution in [1.29, 1.82) is 0 Å². The summed E-state index contributed by atoms with van der Waals surface area (Å²) in [6.45, 7) is 7.79. The first-order valence-corrected chi connectivity index (χ1v) is 7.58. The largest absolute Gasteiger partial charge is 0.466 e. The van der Waals surface area contributed by atoms with Crippen molar-refractivity contribution in [3.63, 3.8) is 0 Å². The van der Waals surface area contributed by atoms with Gasteiger partial charge in [0.1, 0.15) is 6.10 Å². The van der Waals surface area contributed by atoms with Crippen LogP contribution < -0.4 is 0 Å². The van der Waals surface area contributed by atoms with Crippen LogP contribution in [-0.4, -0.2) is 31.9 Å². The van der Waals surface area contributed by atoms with Gasteiger partial charge >= 0.3 is 5.97 Å². The molecule has 0 aromatic heterocycles. The van der Waals surface area contributed by atoms with Crippen molar-refractivity contribution in [1.82, 2.24) is 0 Å². The van der Waals surface area contributed by atoms with Gasteiger partial charge in [0.2, 0.25) is 0 Å². The third-order valence-electron chi connectivity index (χ3n) is 3.57. The molecule has 0 spiro atoms. The van der Waals surface area contributed by atoms with E-state index in [4.69, 9.17) is 14.2 Å². The minimum absolute atomic E-state index is 0.00648. The van der Waals surface area contributed by atoms with Crippen LogP contribution in [0.15, 0.2) is 18.2 Å². The molecule has 4 heteroatoms. The number of benzene rings is 1. The lowest BCUT2D eigenvalue weighted by atomic mass is 9.97. The number of carbonyl (C=O) groups excluding carboxylic acids is 1. The zero-order valence-corrected chi connectivity index (χ0v) is 13.1. The Hall–Kier alpha value is -1.39. The second kappa shape index (κ2) is 7.57. The molecule has 0 saturated carbocycles. The maximum Gasteiger partial charge on any atom is 0.306 e. The molecule has 21 heavy (non-hydrogen) atoms. The molecule has 2 atom stereocenters. The van der Waals surface area contributed by atoms with Crippen molar-refractivity contribution in [2.75, 3.05) is 19.8 Å². The molecule has 1 heterocycles. The van der Waals surface area contributed by atoms with Crippen molar-refractivity contribution in [2.45, 2.75) is 45.8 Å². The normalized spacial score (nSPS) is 18.3. The van der Waals surface area contributed by atoms with Gasteiger partial charge in [0.15, 0.2) is 0 Å². The van der Waals surface area contributed by atoms with E-state index in [1.54, 1.807) is 0 Å². The summed E-state index contributed by atoms with van der Waals surface area (Å²) in [5.74, 6) is -0.148. The Balaban J connectivity index is 1.99. The van der Waals surface area contributed by atoms with E-state index < -0.39 is 0 Å². The molecule has 1 fully saturated rings. The van der Waals surface area contributed by atoms with Crippen LogP contribution in [0.2, 0.25) is 0 Å². The van der Waals surface area contributed by atoms with Crippen LogP contribution in [0.25, 0.3) is 0 Å². The minimum atomic E-state index is -0.148. The number of rotatable bonds is 8. The first kappa shape index (κ1) is 16.0. The van der Waals surface area contributed by atoms with Gasteiger partial charge in [-0.05, 0) is 38.3 Å². The average molecular weight is 292 g/mol. The third kappa shape index (κ3) is 5.14. The van der Waals surface area contributed by atoms with Gasteiger partial charge in [-0.2, -0.15) is 0 Å². The van der Waals surface area contributed by atoms with Gasteiger partial charge in [-0.15, -0.1) is 0 Å². The number of epoxide rings is 1. The van der Waals surface area contributed by atoms with E-state index in [1.807, 2.05) is 13.8 Å². The van der Waals surface area contributed by atoms with Crippen molar-refractivity contribution < 1.29 is 19.0 Å². The lowest BCUT2D eigenvalue weighted by Gasteiger charge is -2.17. The molecule has 0 aliphatic carbocycles. The molecule has 0 amide bonds. The van der Waals surface area contributed by atoms with Gasteiger partial charge in [-0.25, -0.2) is 0 Å². The predicted octanol–water partition coefficient (Wildman–Crippen LogP) is 2.97. The van der Waals surface area contributed by atoms with Gasteiger partial charge in [-0.3, -0.25) is 4.79 Å². The molecule has 2 rings (SSSR count). The van der Waals surface area contributed by atoms with E-state index in [-0.39, 0.29) is 18.2 Å². The van der Waals surface area contributed by atoms with Gasteiger partial charge in [0, 0.05) is 6.42 Å². The summed E-state index contributed by atoms with van der Waals surface area (Å²) in [6.07, 6.45) is 1.36. The van der Waals surface area contributed by atoms with Crippen LogP contribution in [0.3, 0.4) is 0 Å². The molecular formula is C17H24O4. The number of ether oxygens (including phenoxy) is 3. The summed E-state index contributed by atoms with van der Waals surface area (Å²) < 4.78 is 16.0. The molecule has 1 aromatic carbocycles. The van der Waals surface area contributed by atoms with Crippen LogP contribution in [-0.2, 0) is 25.4 Å². The Morgan fingerprint density at radius 3 is 2.90 bits per heavy atom. The van der Waals surface area contributed by atoms with E-state index in [0.717, 1.165) is 17.7 Å². The molecule has 116 valence electrons. The van der Waals surface area contributed by atoms with Crippen LogP contribution in [0.4, 0.5) is 0 Å². The van der Waals surface area contributed by atoms with Crippen LogP contribution in [0.5, 0.6) is 0 Å². The molecule has 0 N–H and O–H groups in total. The summed E-state index contributed by atoms with van der Waals surface area (Å²) >= 11 is 0. The van der Waals surface area contributed by atoms with E-state index in [1.165, 1.54) is 5.56 Å². The monoisotopic (exact) mass is 292 g/mol. The van der Waals surface area contributed by atoms with Gasteiger partial charge in [-0.1, -0.05) is 23.8 Å². The van der Waals surface area contributed by atoms with E-state index >= 15 is 0 Å². The zero-order chi connectivity index (χ0) is 15.2. The molecule has 4 nitrogen and oxygen atoms in total. The molecule has 1 aliphatic heterocycles. The summed E-state index contributed by atoms with van der Waals surface area (Å²) in [6, 6.07) is 6.30. The van der Waals surface area contributed by atoms with Crippen LogP contribution >= 0.6 is 0 Å². The Morgan fingerprint density at radius 2 is 2.24 bits per heavy atom. The van der Waals surface area contributed by atoms with E-state index in [0.29, 0.717) is 26.1 Å². The fourth-order valence-corrected chi connectivity index (χ4v) is 2.32. The second-order valence-corrected chi connectivity index (χ2v) is 5.44. The number of esters is 1. The molecule has 1 aliphatic rings. The van der Waals surface area contributed by atoms with Gasteiger partial charge in [0.25, 0.3) is 0 Å². The fourth-order valence-electron chi connectivity index (χ4n) is 2.32. The average Bonchev–Trinajstić information content (AvgIpc) is 3.27. The standard InChI is InChI=1S/C17H24O4/c1-4-19-17(18)8-6-14-9-12(2)5-7-16(14)13(3)20-10-15-11-21-15/h5,7,9,13,15H,4,6,8,10-11H2,1-3H3/t13-,15?/m1/s1. The van der Waals surface area contributed by atoms with Gasteiger partial charge < -0.3 is 14.2 Å².